The smallest absolute Gasteiger partial charge is 0.223 e. The van der Waals surface area contributed by atoms with Crippen LogP contribution in [-0.4, -0.2) is 21.1 Å². The molecule has 1 N–H and O–H groups in total. The number of fused-ring (bicyclic) bond motifs is 2. The second-order valence-electron chi connectivity index (χ2n) is 6.28. The maximum absolute atomic E-state index is 11.7. The summed E-state index contributed by atoms with van der Waals surface area (Å²) in [6, 6.07) is 10.8. The fraction of sp³-hybridized carbons (Fsp3) is 0.389. The molecule has 0 bridgehead atoms. The SMILES string of the molecule is O=c1cc2n(cc1O)CCN(C1CCCc3ccccc31)C2. The molecular formula is C18H20N2O2. The Morgan fingerprint density at radius 1 is 1.18 bits per heavy atom. The summed E-state index contributed by atoms with van der Waals surface area (Å²) in [6.45, 7) is 2.55. The number of aromatic nitrogens is 1. The summed E-state index contributed by atoms with van der Waals surface area (Å²) in [7, 11) is 0. The zero-order chi connectivity index (χ0) is 15.1. The van der Waals surface area contributed by atoms with E-state index in [4.69, 9.17) is 0 Å². The van der Waals surface area contributed by atoms with Crippen molar-refractivity contribution in [2.24, 2.45) is 0 Å². The van der Waals surface area contributed by atoms with Gasteiger partial charge in [0.25, 0.3) is 0 Å². The second-order valence-corrected chi connectivity index (χ2v) is 6.28. The Labute approximate surface area is 129 Å². The normalized spacial score (nSPS) is 21.2. The van der Waals surface area contributed by atoms with Crippen molar-refractivity contribution < 1.29 is 5.11 Å². The van der Waals surface area contributed by atoms with Crippen LogP contribution in [0, 0.1) is 0 Å². The molecule has 2 aliphatic rings. The number of aromatic hydroxyl groups is 1. The molecule has 1 aliphatic heterocycles. The van der Waals surface area contributed by atoms with Crippen LogP contribution >= 0.6 is 0 Å². The van der Waals surface area contributed by atoms with Crippen LogP contribution in [0.4, 0.5) is 0 Å². The lowest BCUT2D eigenvalue weighted by atomic mass is 9.86. The van der Waals surface area contributed by atoms with E-state index >= 15 is 0 Å². The average Bonchev–Trinajstić information content (AvgIpc) is 2.55. The molecule has 0 saturated carbocycles. The molecule has 1 aliphatic carbocycles. The predicted octanol–water partition coefficient (Wildman–Crippen LogP) is 2.45. The highest BCUT2D eigenvalue weighted by Crippen LogP contribution is 2.35. The lowest BCUT2D eigenvalue weighted by molar-refractivity contribution is 0.139. The predicted molar refractivity (Wildman–Crippen MR) is 84.9 cm³/mol. The lowest BCUT2D eigenvalue weighted by Crippen LogP contribution is -2.38. The van der Waals surface area contributed by atoms with Crippen LogP contribution < -0.4 is 5.43 Å². The van der Waals surface area contributed by atoms with Crippen molar-refractivity contribution in [2.75, 3.05) is 6.54 Å². The molecule has 4 nitrogen and oxygen atoms in total. The highest BCUT2D eigenvalue weighted by Gasteiger charge is 2.28. The first-order chi connectivity index (χ1) is 10.7. The second kappa shape index (κ2) is 5.29. The molecule has 4 heteroatoms. The van der Waals surface area contributed by atoms with Crippen LogP contribution in [0.25, 0.3) is 0 Å². The van der Waals surface area contributed by atoms with Crippen molar-refractivity contribution >= 4 is 0 Å². The van der Waals surface area contributed by atoms with Gasteiger partial charge in [0.1, 0.15) is 0 Å². The molecule has 1 aromatic heterocycles. The topological polar surface area (TPSA) is 45.5 Å². The standard InChI is InChI=1S/C18H20N2O2/c21-17-10-14-11-20(9-8-19(14)12-18(17)22)16-7-3-5-13-4-1-2-6-15(13)16/h1-2,4,6,10,12,16,22H,3,5,7-9,11H2. The average molecular weight is 296 g/mol. The molecule has 0 amide bonds. The minimum Gasteiger partial charge on any atom is -0.503 e. The van der Waals surface area contributed by atoms with Gasteiger partial charge in [-0.2, -0.15) is 0 Å². The number of benzene rings is 1. The van der Waals surface area contributed by atoms with Gasteiger partial charge in [-0.1, -0.05) is 24.3 Å². The Hall–Kier alpha value is -2.07. The maximum atomic E-state index is 11.7. The number of nitrogens with zero attached hydrogens (tertiary/aromatic N) is 2. The molecule has 0 radical (unpaired) electrons. The molecule has 0 spiro atoms. The third-order valence-corrected chi connectivity index (χ3v) is 4.97. The van der Waals surface area contributed by atoms with Gasteiger partial charge in [-0.25, -0.2) is 0 Å². The van der Waals surface area contributed by atoms with Gasteiger partial charge in [0.2, 0.25) is 5.43 Å². The lowest BCUT2D eigenvalue weighted by Gasteiger charge is -2.39. The van der Waals surface area contributed by atoms with Crippen LogP contribution in [0.1, 0.15) is 35.7 Å². The largest absolute Gasteiger partial charge is 0.503 e. The minimum absolute atomic E-state index is 0.153. The van der Waals surface area contributed by atoms with Crippen molar-refractivity contribution in [1.29, 1.82) is 0 Å². The van der Waals surface area contributed by atoms with Crippen molar-refractivity contribution in [3.8, 4) is 5.75 Å². The van der Waals surface area contributed by atoms with E-state index in [-0.39, 0.29) is 11.2 Å². The molecule has 22 heavy (non-hydrogen) atoms. The number of hydrogen-bond donors (Lipinski definition) is 1. The van der Waals surface area contributed by atoms with Crippen LogP contribution in [-0.2, 0) is 19.5 Å². The quantitative estimate of drug-likeness (QED) is 0.879. The fourth-order valence-electron chi connectivity index (χ4n) is 3.84. The summed E-state index contributed by atoms with van der Waals surface area (Å²) in [5, 5.41) is 9.57. The molecule has 1 atom stereocenters. The van der Waals surface area contributed by atoms with E-state index in [0.29, 0.717) is 6.04 Å². The van der Waals surface area contributed by atoms with Gasteiger partial charge in [-0.3, -0.25) is 9.69 Å². The summed E-state index contributed by atoms with van der Waals surface area (Å²) in [4.78, 5) is 14.2. The van der Waals surface area contributed by atoms with Gasteiger partial charge in [0.15, 0.2) is 5.75 Å². The third kappa shape index (κ3) is 2.24. The molecule has 1 unspecified atom stereocenters. The number of aryl methyl sites for hydroxylation is 1. The third-order valence-electron chi connectivity index (χ3n) is 4.97. The van der Waals surface area contributed by atoms with E-state index < -0.39 is 0 Å². The fourth-order valence-corrected chi connectivity index (χ4v) is 3.84. The zero-order valence-corrected chi connectivity index (χ0v) is 12.5. The summed E-state index contributed by atoms with van der Waals surface area (Å²) in [5.41, 5.74) is 3.63. The molecule has 4 rings (SSSR count). The van der Waals surface area contributed by atoms with Crippen LogP contribution in [0.5, 0.6) is 5.75 Å². The van der Waals surface area contributed by atoms with E-state index in [9.17, 15) is 9.90 Å². The highest BCUT2D eigenvalue weighted by molar-refractivity contribution is 5.32. The Morgan fingerprint density at radius 3 is 2.95 bits per heavy atom. The summed E-state index contributed by atoms with van der Waals surface area (Å²) >= 11 is 0. The molecule has 2 heterocycles. The molecule has 0 fully saturated rings. The van der Waals surface area contributed by atoms with Crippen molar-refractivity contribution in [2.45, 2.75) is 38.4 Å². The van der Waals surface area contributed by atoms with Gasteiger partial charge >= 0.3 is 0 Å². The molecule has 2 aromatic rings. The Morgan fingerprint density at radius 2 is 2.05 bits per heavy atom. The Bertz CT molecular complexity index is 766. The first-order valence-corrected chi connectivity index (χ1v) is 7.96. The first-order valence-electron chi connectivity index (χ1n) is 7.96. The summed E-state index contributed by atoms with van der Waals surface area (Å²) < 4.78 is 2.00. The first kappa shape index (κ1) is 13.6. The monoisotopic (exact) mass is 296 g/mol. The molecule has 0 saturated heterocycles. The Kier molecular flexibility index (Phi) is 3.26. The zero-order valence-electron chi connectivity index (χ0n) is 12.5. The van der Waals surface area contributed by atoms with Gasteiger partial charge in [0, 0.05) is 37.4 Å². The highest BCUT2D eigenvalue weighted by atomic mass is 16.3. The van der Waals surface area contributed by atoms with Crippen molar-refractivity contribution in [3.05, 3.63) is 63.6 Å². The molecule has 114 valence electrons. The van der Waals surface area contributed by atoms with Gasteiger partial charge < -0.3 is 9.67 Å². The van der Waals surface area contributed by atoms with E-state index in [1.165, 1.54) is 30.4 Å². The molecule has 1 aromatic carbocycles. The van der Waals surface area contributed by atoms with Crippen LogP contribution in [0.2, 0.25) is 0 Å². The Balaban J connectivity index is 1.66. The van der Waals surface area contributed by atoms with E-state index in [0.717, 1.165) is 25.3 Å². The van der Waals surface area contributed by atoms with Gasteiger partial charge in [-0.15, -0.1) is 0 Å². The molecular weight excluding hydrogens is 276 g/mol. The number of pyridine rings is 1. The van der Waals surface area contributed by atoms with Crippen molar-refractivity contribution in [1.82, 2.24) is 9.47 Å². The van der Waals surface area contributed by atoms with Gasteiger partial charge in [0.05, 0.1) is 6.20 Å². The van der Waals surface area contributed by atoms with Crippen LogP contribution in [0.3, 0.4) is 0 Å². The maximum Gasteiger partial charge on any atom is 0.223 e. The van der Waals surface area contributed by atoms with Crippen molar-refractivity contribution in [3.63, 3.8) is 0 Å². The van der Waals surface area contributed by atoms with Crippen LogP contribution in [0.15, 0.2) is 41.3 Å². The summed E-state index contributed by atoms with van der Waals surface area (Å²) in [6.07, 6.45) is 5.15. The number of hydrogen-bond acceptors (Lipinski definition) is 3. The minimum atomic E-state index is -0.280. The van der Waals surface area contributed by atoms with E-state index in [1.54, 1.807) is 12.3 Å². The summed E-state index contributed by atoms with van der Waals surface area (Å²) in [5.74, 6) is -0.153. The van der Waals surface area contributed by atoms with E-state index in [2.05, 4.69) is 29.2 Å². The van der Waals surface area contributed by atoms with Gasteiger partial charge in [-0.05, 0) is 30.4 Å². The van der Waals surface area contributed by atoms with E-state index in [1.807, 2.05) is 4.57 Å². The number of rotatable bonds is 1.